The van der Waals surface area contributed by atoms with Crippen molar-refractivity contribution >= 4 is 34.0 Å². The van der Waals surface area contributed by atoms with E-state index in [2.05, 4.69) is 46.1 Å². The lowest BCUT2D eigenvalue weighted by Gasteiger charge is -2.27. The molecular formula is C26H38BrN3O3. The Labute approximate surface area is 205 Å². The van der Waals surface area contributed by atoms with Crippen LogP contribution in [0.3, 0.4) is 0 Å². The molecule has 6 nitrogen and oxygen atoms in total. The van der Waals surface area contributed by atoms with E-state index in [0.29, 0.717) is 12.5 Å². The molecule has 182 valence electrons. The Morgan fingerprint density at radius 2 is 1.91 bits per heavy atom. The highest BCUT2D eigenvalue weighted by atomic mass is 79.9. The number of carbonyl (C=O) groups excluding carboxylic acids is 1. The summed E-state index contributed by atoms with van der Waals surface area (Å²) >= 11 is 3.57. The molecule has 1 amide bonds. The largest absolute Gasteiger partial charge is 0.379 e. The van der Waals surface area contributed by atoms with Gasteiger partial charge in [-0.3, -0.25) is 14.5 Å². The summed E-state index contributed by atoms with van der Waals surface area (Å²) in [5.41, 5.74) is 0.0184. The minimum absolute atomic E-state index is 0.145. The summed E-state index contributed by atoms with van der Waals surface area (Å²) in [5.74, 6) is 0.452. The van der Waals surface area contributed by atoms with Crippen LogP contribution in [0.4, 0.5) is 0 Å². The number of hydrogen-bond acceptors (Lipinski definition) is 4. The number of rotatable bonds is 7. The number of allylic oxidation sites excluding steroid dienone is 2. The highest BCUT2D eigenvalue weighted by Gasteiger charge is 2.22. The summed E-state index contributed by atoms with van der Waals surface area (Å²) in [6.07, 6.45) is 11.0. The Kier molecular flexibility index (Phi) is 9.95. The van der Waals surface area contributed by atoms with E-state index in [1.165, 1.54) is 0 Å². The van der Waals surface area contributed by atoms with Crippen LogP contribution in [-0.2, 0) is 11.3 Å². The molecule has 3 rings (SSSR count). The van der Waals surface area contributed by atoms with E-state index in [1.807, 2.05) is 19.1 Å². The highest BCUT2D eigenvalue weighted by Crippen LogP contribution is 2.23. The van der Waals surface area contributed by atoms with Crippen LogP contribution in [0.25, 0.3) is 12.2 Å². The molecule has 0 spiro atoms. The highest BCUT2D eigenvalue weighted by molar-refractivity contribution is 9.12. The molecule has 33 heavy (non-hydrogen) atoms. The fraction of sp³-hybridized carbons (Fsp3) is 0.615. The van der Waals surface area contributed by atoms with Crippen molar-refractivity contribution in [1.82, 2.24) is 14.8 Å². The van der Waals surface area contributed by atoms with Crippen LogP contribution in [0.2, 0.25) is 0 Å². The van der Waals surface area contributed by atoms with E-state index < -0.39 is 0 Å². The Morgan fingerprint density at radius 3 is 2.55 bits per heavy atom. The summed E-state index contributed by atoms with van der Waals surface area (Å²) in [6, 6.07) is 1.91. The zero-order valence-corrected chi connectivity index (χ0v) is 21.8. The second-order valence-corrected chi connectivity index (χ2v) is 10.1. The third-order valence-electron chi connectivity index (χ3n) is 6.67. The predicted octanol–water partition coefficient (Wildman–Crippen LogP) is 2.76. The van der Waals surface area contributed by atoms with Crippen molar-refractivity contribution in [3.63, 3.8) is 0 Å². The van der Waals surface area contributed by atoms with Gasteiger partial charge in [-0.25, -0.2) is 0 Å². The zero-order valence-electron chi connectivity index (χ0n) is 20.2. The van der Waals surface area contributed by atoms with Gasteiger partial charge < -0.3 is 14.6 Å². The Hall–Kier alpha value is -1.70. The van der Waals surface area contributed by atoms with Crippen molar-refractivity contribution in [2.45, 2.75) is 65.5 Å². The Morgan fingerprint density at radius 1 is 1.21 bits per heavy atom. The van der Waals surface area contributed by atoms with Crippen LogP contribution in [0.1, 0.15) is 63.2 Å². The summed E-state index contributed by atoms with van der Waals surface area (Å²) in [4.78, 5) is 29.1. The van der Waals surface area contributed by atoms with Gasteiger partial charge >= 0.3 is 0 Å². The topological polar surface area (TPSA) is 63.6 Å². The van der Waals surface area contributed by atoms with E-state index >= 15 is 0 Å². The molecule has 1 aromatic rings. The van der Waals surface area contributed by atoms with Crippen molar-refractivity contribution in [3.05, 3.63) is 43.1 Å². The molecule has 1 aromatic heterocycles. The second kappa shape index (κ2) is 12.7. The fourth-order valence-corrected chi connectivity index (χ4v) is 4.84. The molecule has 2 aliphatic rings. The Bertz CT molecular complexity index is 1020. The predicted molar refractivity (Wildman–Crippen MR) is 138 cm³/mol. The molecule has 7 heteroatoms. The molecule has 0 atom stereocenters. The van der Waals surface area contributed by atoms with Gasteiger partial charge in [-0.1, -0.05) is 41.9 Å². The monoisotopic (exact) mass is 519 g/mol. The maximum Gasteiger partial charge on any atom is 0.263 e. The van der Waals surface area contributed by atoms with E-state index in [0.717, 1.165) is 80.0 Å². The first-order valence-corrected chi connectivity index (χ1v) is 13.1. The Balaban J connectivity index is 2.00. The summed E-state index contributed by atoms with van der Waals surface area (Å²) in [5, 5.41) is 4.90. The number of halogens is 1. The fourth-order valence-electron chi connectivity index (χ4n) is 4.59. The first-order valence-electron chi connectivity index (χ1n) is 12.3. The standard InChI is InChI=1S/C26H38BrN3O3/c1-4-6-24-20(17-21(27)5-2)18-23(25(31)28-22-9-7-19(3)8-10-22)26(32)30(24)12-11-29-13-15-33-16-14-29/h5-6,17-19,22H,4,7-16H2,1-3H3,(H,28,31)/b20-17-,21-5+,24-6-. The normalized spacial score (nSPS) is 23.7. The lowest BCUT2D eigenvalue weighted by atomic mass is 9.87. The molecule has 0 unspecified atom stereocenters. The van der Waals surface area contributed by atoms with Crippen LogP contribution >= 0.6 is 15.9 Å². The van der Waals surface area contributed by atoms with E-state index in [9.17, 15) is 9.59 Å². The maximum absolute atomic E-state index is 13.6. The van der Waals surface area contributed by atoms with Crippen molar-refractivity contribution in [2.24, 2.45) is 5.92 Å². The van der Waals surface area contributed by atoms with Crippen molar-refractivity contribution in [2.75, 3.05) is 32.8 Å². The van der Waals surface area contributed by atoms with Gasteiger partial charge in [0.2, 0.25) is 0 Å². The molecule has 2 heterocycles. The van der Waals surface area contributed by atoms with Crippen molar-refractivity contribution in [1.29, 1.82) is 0 Å². The van der Waals surface area contributed by atoms with Gasteiger partial charge in [0, 0.05) is 47.3 Å². The van der Waals surface area contributed by atoms with Crippen molar-refractivity contribution < 1.29 is 9.53 Å². The maximum atomic E-state index is 13.6. The molecule has 0 aromatic carbocycles. The number of carbonyl (C=O) groups is 1. The summed E-state index contributed by atoms with van der Waals surface area (Å²) in [6.45, 7) is 10.7. The van der Waals surface area contributed by atoms with Gasteiger partial charge in [0.05, 0.1) is 13.2 Å². The summed E-state index contributed by atoms with van der Waals surface area (Å²) < 4.78 is 8.16. The smallest absolute Gasteiger partial charge is 0.263 e. The molecular weight excluding hydrogens is 482 g/mol. The van der Waals surface area contributed by atoms with Crippen LogP contribution in [-0.4, -0.2) is 54.3 Å². The molecule has 1 aliphatic heterocycles. The number of amides is 1. The van der Waals surface area contributed by atoms with Crippen LogP contribution in [0.5, 0.6) is 0 Å². The lowest BCUT2D eigenvalue weighted by molar-refractivity contribution is 0.0361. The van der Waals surface area contributed by atoms with Crippen LogP contribution < -0.4 is 21.4 Å². The zero-order chi connectivity index (χ0) is 23.8. The number of morpholine rings is 1. The number of pyridine rings is 1. The number of ether oxygens (including phenoxy) is 1. The second-order valence-electron chi connectivity index (χ2n) is 9.17. The molecule has 1 saturated carbocycles. The van der Waals surface area contributed by atoms with Crippen LogP contribution in [0.15, 0.2) is 21.4 Å². The van der Waals surface area contributed by atoms with Gasteiger partial charge in [0.25, 0.3) is 11.5 Å². The third-order valence-corrected chi connectivity index (χ3v) is 7.35. The third kappa shape index (κ3) is 7.14. The van der Waals surface area contributed by atoms with Gasteiger partial charge in [0.1, 0.15) is 5.56 Å². The van der Waals surface area contributed by atoms with Crippen molar-refractivity contribution in [3.8, 4) is 0 Å². The molecule has 0 radical (unpaired) electrons. The van der Waals surface area contributed by atoms with Gasteiger partial charge in [-0.15, -0.1) is 0 Å². The minimum Gasteiger partial charge on any atom is -0.379 e. The number of hydrogen-bond donors (Lipinski definition) is 1. The van der Waals surface area contributed by atoms with E-state index in [1.54, 1.807) is 10.6 Å². The first-order chi connectivity index (χ1) is 15.9. The van der Waals surface area contributed by atoms with E-state index in [-0.39, 0.29) is 23.1 Å². The minimum atomic E-state index is -0.256. The quantitative estimate of drug-likeness (QED) is 0.601. The first kappa shape index (κ1) is 25.9. The van der Waals surface area contributed by atoms with Gasteiger partial charge in [-0.2, -0.15) is 0 Å². The van der Waals surface area contributed by atoms with Gasteiger partial charge in [0.15, 0.2) is 0 Å². The van der Waals surface area contributed by atoms with Gasteiger partial charge in [-0.05, 0) is 57.1 Å². The number of nitrogens with one attached hydrogen (secondary N) is 1. The number of nitrogens with zero attached hydrogens (tertiary/aromatic N) is 2. The average Bonchev–Trinajstić information content (AvgIpc) is 2.82. The molecule has 1 saturated heterocycles. The lowest BCUT2D eigenvalue weighted by Crippen LogP contribution is -2.50. The molecule has 1 aliphatic carbocycles. The average molecular weight is 521 g/mol. The SMILES string of the molecule is C\C=C(Br)/C=c1/cc(C(=O)NC2CCC(C)CC2)c(=O)n(CCN2CCOCC2)/c1=C\CC. The summed E-state index contributed by atoms with van der Waals surface area (Å²) in [7, 11) is 0. The van der Waals surface area contributed by atoms with Crippen LogP contribution in [0, 0.1) is 5.92 Å². The molecule has 1 N–H and O–H groups in total. The number of aromatic nitrogens is 1. The van der Waals surface area contributed by atoms with E-state index in [4.69, 9.17) is 4.74 Å². The molecule has 2 fully saturated rings. The molecule has 0 bridgehead atoms.